The van der Waals surface area contributed by atoms with E-state index in [9.17, 15) is 18.4 Å². The number of likely N-dealkylation sites (tertiary alicyclic amines) is 1. The Bertz CT molecular complexity index is 691. The van der Waals surface area contributed by atoms with E-state index >= 15 is 0 Å². The summed E-state index contributed by atoms with van der Waals surface area (Å²) in [6.45, 7) is 6.87. The van der Waals surface area contributed by atoms with E-state index in [0.29, 0.717) is 19.6 Å². The molecule has 6 nitrogen and oxygen atoms in total. The maximum absolute atomic E-state index is 13.7. The third-order valence-corrected chi connectivity index (χ3v) is 4.22. The molecule has 0 bridgehead atoms. The lowest BCUT2D eigenvalue weighted by Gasteiger charge is -2.35. The van der Waals surface area contributed by atoms with Gasteiger partial charge in [-0.1, -0.05) is 0 Å². The molecule has 1 aliphatic rings. The topological polar surface area (TPSA) is 61.9 Å². The average Bonchev–Trinajstić information content (AvgIpc) is 2.56. The van der Waals surface area contributed by atoms with Gasteiger partial charge in [-0.2, -0.15) is 0 Å². The van der Waals surface area contributed by atoms with E-state index in [1.54, 1.807) is 32.7 Å². The number of piperidine rings is 1. The van der Waals surface area contributed by atoms with Crippen LogP contribution in [-0.2, 0) is 4.74 Å². The van der Waals surface area contributed by atoms with E-state index in [2.05, 4.69) is 5.32 Å². The highest BCUT2D eigenvalue weighted by molar-refractivity contribution is 5.89. The van der Waals surface area contributed by atoms with Gasteiger partial charge in [-0.25, -0.2) is 18.4 Å². The number of urea groups is 1. The van der Waals surface area contributed by atoms with Crippen molar-refractivity contribution in [3.05, 3.63) is 29.8 Å². The molecule has 3 amide bonds. The largest absolute Gasteiger partial charge is 0.444 e. The standard InChI is InChI=1S/C19H27F2N3O3/c1-19(2,3)27-18(26)23(4)11-13-6-5-9-24(12-13)17(25)22-16-8-7-14(20)10-15(16)21/h7-8,10,13H,5-6,9,11-12H2,1-4H3,(H,22,25)/t13-/m1/s1. The summed E-state index contributed by atoms with van der Waals surface area (Å²) >= 11 is 0. The van der Waals surface area contributed by atoms with Crippen molar-refractivity contribution in [3.63, 3.8) is 0 Å². The summed E-state index contributed by atoms with van der Waals surface area (Å²) in [5.74, 6) is -1.42. The first-order chi connectivity index (χ1) is 12.5. The lowest BCUT2D eigenvalue weighted by atomic mass is 9.98. The Morgan fingerprint density at radius 3 is 2.67 bits per heavy atom. The van der Waals surface area contributed by atoms with Crippen LogP contribution in [-0.4, -0.2) is 54.2 Å². The van der Waals surface area contributed by atoms with E-state index in [1.807, 2.05) is 0 Å². The fourth-order valence-electron chi connectivity index (χ4n) is 2.99. The van der Waals surface area contributed by atoms with E-state index in [4.69, 9.17) is 4.74 Å². The quantitative estimate of drug-likeness (QED) is 0.856. The number of hydrogen-bond donors (Lipinski definition) is 1. The number of nitrogens with one attached hydrogen (secondary N) is 1. The zero-order valence-corrected chi connectivity index (χ0v) is 16.2. The Kier molecular flexibility index (Phi) is 6.62. The van der Waals surface area contributed by atoms with Crippen LogP contribution in [0.25, 0.3) is 0 Å². The monoisotopic (exact) mass is 383 g/mol. The number of hydrogen-bond acceptors (Lipinski definition) is 3. The highest BCUT2D eigenvalue weighted by Gasteiger charge is 2.27. The molecule has 1 aliphatic heterocycles. The van der Waals surface area contributed by atoms with Crippen LogP contribution in [0.3, 0.4) is 0 Å². The normalized spacial score (nSPS) is 17.4. The Morgan fingerprint density at radius 2 is 2.04 bits per heavy atom. The summed E-state index contributed by atoms with van der Waals surface area (Å²) in [5.41, 5.74) is -0.627. The lowest BCUT2D eigenvalue weighted by molar-refractivity contribution is 0.0253. The van der Waals surface area contributed by atoms with Gasteiger partial charge in [0.2, 0.25) is 0 Å². The predicted molar refractivity (Wildman–Crippen MR) is 98.5 cm³/mol. The molecule has 0 aliphatic carbocycles. The minimum atomic E-state index is -0.818. The molecule has 1 atom stereocenters. The van der Waals surface area contributed by atoms with Crippen molar-refractivity contribution in [2.45, 2.75) is 39.2 Å². The first kappa shape index (κ1) is 20.9. The zero-order valence-electron chi connectivity index (χ0n) is 16.2. The van der Waals surface area contributed by atoms with Crippen LogP contribution in [0.5, 0.6) is 0 Å². The van der Waals surface area contributed by atoms with Crippen LogP contribution in [0.2, 0.25) is 0 Å². The molecule has 1 saturated heterocycles. The van der Waals surface area contributed by atoms with Gasteiger partial charge in [0.15, 0.2) is 0 Å². The van der Waals surface area contributed by atoms with E-state index in [1.165, 1.54) is 11.0 Å². The van der Waals surface area contributed by atoms with E-state index < -0.39 is 29.4 Å². The molecular weight excluding hydrogens is 356 g/mol. The average molecular weight is 383 g/mol. The van der Waals surface area contributed by atoms with Crippen LogP contribution in [0.15, 0.2) is 18.2 Å². The summed E-state index contributed by atoms with van der Waals surface area (Å²) in [4.78, 5) is 27.6. The molecule has 0 radical (unpaired) electrons. The number of amides is 3. The second-order valence-electron chi connectivity index (χ2n) is 7.87. The Balaban J connectivity index is 1.91. The van der Waals surface area contributed by atoms with Gasteiger partial charge in [-0.15, -0.1) is 0 Å². The van der Waals surface area contributed by atoms with Gasteiger partial charge in [0.25, 0.3) is 0 Å². The highest BCUT2D eigenvalue weighted by atomic mass is 19.1. The summed E-state index contributed by atoms with van der Waals surface area (Å²) in [5, 5.41) is 2.47. The Hall–Kier alpha value is -2.38. The highest BCUT2D eigenvalue weighted by Crippen LogP contribution is 2.21. The molecule has 1 aromatic carbocycles. The van der Waals surface area contributed by atoms with E-state index in [-0.39, 0.29) is 11.6 Å². The molecule has 0 unspecified atom stereocenters. The van der Waals surface area contributed by atoms with Gasteiger partial charge in [0.05, 0.1) is 5.69 Å². The molecule has 1 aromatic rings. The molecule has 8 heteroatoms. The first-order valence-corrected chi connectivity index (χ1v) is 9.00. The molecule has 150 valence electrons. The third kappa shape index (κ3) is 6.37. The summed E-state index contributed by atoms with van der Waals surface area (Å²) in [6.07, 6.45) is 1.26. The smallest absolute Gasteiger partial charge is 0.410 e. The number of ether oxygens (including phenoxy) is 1. The van der Waals surface area contributed by atoms with Crippen LogP contribution < -0.4 is 5.32 Å². The molecule has 0 saturated carbocycles. The van der Waals surface area contributed by atoms with Gasteiger partial charge in [-0.05, 0) is 51.7 Å². The number of carbonyl (C=O) groups excluding carboxylic acids is 2. The van der Waals surface area contributed by atoms with Crippen LogP contribution in [0.1, 0.15) is 33.6 Å². The third-order valence-electron chi connectivity index (χ3n) is 4.22. The van der Waals surface area contributed by atoms with Gasteiger partial charge in [0.1, 0.15) is 17.2 Å². The van der Waals surface area contributed by atoms with Crippen LogP contribution >= 0.6 is 0 Å². The van der Waals surface area contributed by atoms with Crippen molar-refractivity contribution >= 4 is 17.8 Å². The Morgan fingerprint density at radius 1 is 1.33 bits per heavy atom. The number of halogens is 2. The van der Waals surface area contributed by atoms with Crippen LogP contribution in [0.4, 0.5) is 24.1 Å². The fraction of sp³-hybridized carbons (Fsp3) is 0.579. The number of anilines is 1. The molecule has 0 aromatic heterocycles. The van der Waals surface area contributed by atoms with Crippen molar-refractivity contribution < 1.29 is 23.1 Å². The zero-order chi connectivity index (χ0) is 20.2. The van der Waals surface area contributed by atoms with Gasteiger partial charge in [-0.3, -0.25) is 0 Å². The fourth-order valence-corrected chi connectivity index (χ4v) is 2.99. The SMILES string of the molecule is CN(C[C@H]1CCCN(C(=O)Nc2ccc(F)cc2F)C1)C(=O)OC(C)(C)C. The molecule has 1 N–H and O–H groups in total. The van der Waals surface area contributed by atoms with Gasteiger partial charge in [0, 0.05) is 32.7 Å². The van der Waals surface area contributed by atoms with E-state index in [0.717, 1.165) is 25.0 Å². The number of benzene rings is 1. The molecule has 1 fully saturated rings. The first-order valence-electron chi connectivity index (χ1n) is 9.00. The number of carbonyl (C=O) groups is 2. The second kappa shape index (κ2) is 8.54. The number of rotatable bonds is 3. The Labute approximate surface area is 158 Å². The maximum Gasteiger partial charge on any atom is 0.410 e. The summed E-state index contributed by atoms with van der Waals surface area (Å²) in [7, 11) is 1.67. The van der Waals surface area contributed by atoms with Gasteiger partial charge >= 0.3 is 12.1 Å². The minimum absolute atomic E-state index is 0.0607. The lowest BCUT2D eigenvalue weighted by Crippen LogP contribution is -2.46. The molecular formula is C19H27F2N3O3. The summed E-state index contributed by atoms with van der Waals surface area (Å²) < 4.78 is 32.0. The van der Waals surface area contributed by atoms with Crippen molar-refractivity contribution in [2.24, 2.45) is 5.92 Å². The van der Waals surface area contributed by atoms with Gasteiger partial charge < -0.3 is 19.9 Å². The predicted octanol–water partition coefficient (Wildman–Crippen LogP) is 4.08. The summed E-state index contributed by atoms with van der Waals surface area (Å²) in [6, 6.07) is 2.57. The second-order valence-corrected chi connectivity index (χ2v) is 7.87. The number of nitrogens with zero attached hydrogens (tertiary/aromatic N) is 2. The molecule has 0 spiro atoms. The van der Waals surface area contributed by atoms with Crippen molar-refractivity contribution in [2.75, 3.05) is 32.0 Å². The van der Waals surface area contributed by atoms with Crippen LogP contribution in [0, 0.1) is 17.6 Å². The van der Waals surface area contributed by atoms with Crippen molar-refractivity contribution in [3.8, 4) is 0 Å². The van der Waals surface area contributed by atoms with Crippen molar-refractivity contribution in [1.29, 1.82) is 0 Å². The maximum atomic E-state index is 13.7. The molecule has 1 heterocycles. The minimum Gasteiger partial charge on any atom is -0.444 e. The molecule has 2 rings (SSSR count). The molecule has 27 heavy (non-hydrogen) atoms. The van der Waals surface area contributed by atoms with Crippen molar-refractivity contribution in [1.82, 2.24) is 9.80 Å².